The minimum Gasteiger partial charge on any atom is -0.381 e. The van der Waals surface area contributed by atoms with Crippen LogP contribution >= 0.6 is 11.6 Å². The Kier molecular flexibility index (Phi) is 8.82. The second-order valence-corrected chi connectivity index (χ2v) is 11.5. The van der Waals surface area contributed by atoms with Gasteiger partial charge in [-0.15, -0.1) is 0 Å². The summed E-state index contributed by atoms with van der Waals surface area (Å²) in [5.41, 5.74) is -4.03. The molecule has 0 bridgehead atoms. The number of rotatable bonds is 10. The number of carbonyl (C=O) groups excluding carboxylic acids is 1. The average Bonchev–Trinajstić information content (AvgIpc) is 2.74. The number of nitrogens with one attached hydrogen (secondary N) is 2. The van der Waals surface area contributed by atoms with Crippen molar-refractivity contribution >= 4 is 48.7 Å². The van der Waals surface area contributed by atoms with Gasteiger partial charge >= 0.3 is 6.18 Å². The SMILES string of the molecule is CCOCCS(=O)(=O)c1ccc(NS(=O)(=O)c2ccc(NC(=O)C(C)(O)C(F)(F)F)c(Cl)c2)cc1. The third-order valence-electron chi connectivity index (χ3n) is 4.66. The first-order valence-corrected chi connectivity index (χ1v) is 13.4. The molecule has 0 saturated heterocycles. The van der Waals surface area contributed by atoms with Gasteiger partial charge in [0.2, 0.25) is 5.60 Å². The molecular formula is C20H22ClF3N2O7S2. The van der Waals surface area contributed by atoms with Gasteiger partial charge in [0.15, 0.2) is 9.84 Å². The predicted molar refractivity (Wildman–Crippen MR) is 123 cm³/mol. The Morgan fingerprint density at radius 1 is 1.06 bits per heavy atom. The molecule has 0 heterocycles. The Labute approximate surface area is 205 Å². The lowest BCUT2D eigenvalue weighted by molar-refractivity contribution is -0.242. The lowest BCUT2D eigenvalue weighted by atomic mass is 10.1. The van der Waals surface area contributed by atoms with Crippen LogP contribution in [0.15, 0.2) is 52.3 Å². The molecule has 2 aromatic rings. The summed E-state index contributed by atoms with van der Waals surface area (Å²) in [5, 5.41) is 10.8. The van der Waals surface area contributed by atoms with Gasteiger partial charge in [0.25, 0.3) is 15.9 Å². The van der Waals surface area contributed by atoms with Crippen LogP contribution in [-0.4, -0.2) is 58.6 Å². The highest BCUT2D eigenvalue weighted by Crippen LogP contribution is 2.33. The van der Waals surface area contributed by atoms with Crippen molar-refractivity contribution in [3.8, 4) is 0 Å². The Bertz CT molecular complexity index is 1280. The Balaban J connectivity index is 2.17. The number of halogens is 4. The molecule has 9 nitrogen and oxygen atoms in total. The van der Waals surface area contributed by atoms with Gasteiger partial charge in [-0.1, -0.05) is 11.6 Å². The van der Waals surface area contributed by atoms with Crippen LogP contribution in [0.5, 0.6) is 0 Å². The number of sulfone groups is 1. The summed E-state index contributed by atoms with van der Waals surface area (Å²) < 4.78 is 95.5. The Morgan fingerprint density at radius 3 is 2.14 bits per heavy atom. The smallest absolute Gasteiger partial charge is 0.381 e. The van der Waals surface area contributed by atoms with Crippen molar-refractivity contribution in [3.63, 3.8) is 0 Å². The molecule has 2 rings (SSSR count). The summed E-state index contributed by atoms with van der Waals surface area (Å²) in [6, 6.07) is 7.72. The molecule has 194 valence electrons. The van der Waals surface area contributed by atoms with Gasteiger partial charge < -0.3 is 15.2 Å². The number of aliphatic hydroxyl groups is 1. The first kappa shape index (κ1) is 28.8. The maximum absolute atomic E-state index is 12.8. The first-order chi connectivity index (χ1) is 16.0. The van der Waals surface area contributed by atoms with Crippen LogP contribution in [0, 0.1) is 0 Å². The van der Waals surface area contributed by atoms with Crippen molar-refractivity contribution in [2.45, 2.75) is 35.4 Å². The van der Waals surface area contributed by atoms with Gasteiger partial charge in [-0.2, -0.15) is 13.2 Å². The average molecular weight is 559 g/mol. The highest BCUT2D eigenvalue weighted by Gasteiger charge is 2.55. The van der Waals surface area contributed by atoms with E-state index in [1.165, 1.54) is 24.3 Å². The molecule has 1 amide bonds. The summed E-state index contributed by atoms with van der Waals surface area (Å²) in [6.07, 6.45) is -5.26. The molecule has 0 fully saturated rings. The molecular weight excluding hydrogens is 537 g/mol. The van der Waals surface area contributed by atoms with Crippen molar-refractivity contribution in [2.24, 2.45) is 0 Å². The normalized spacial score (nSPS) is 14.3. The summed E-state index contributed by atoms with van der Waals surface area (Å²) in [4.78, 5) is 11.4. The fraction of sp³-hybridized carbons (Fsp3) is 0.350. The molecule has 3 N–H and O–H groups in total. The molecule has 1 atom stereocenters. The number of carbonyl (C=O) groups is 1. The van der Waals surface area contributed by atoms with Crippen LogP contribution in [0.1, 0.15) is 13.8 Å². The van der Waals surface area contributed by atoms with Crippen LogP contribution < -0.4 is 10.0 Å². The summed E-state index contributed by atoms with van der Waals surface area (Å²) in [5.74, 6) is -2.05. The van der Waals surface area contributed by atoms with Gasteiger partial charge in [-0.3, -0.25) is 9.52 Å². The molecule has 35 heavy (non-hydrogen) atoms. The van der Waals surface area contributed by atoms with Crippen molar-refractivity contribution in [1.29, 1.82) is 0 Å². The van der Waals surface area contributed by atoms with Crippen LogP contribution in [0.4, 0.5) is 24.5 Å². The van der Waals surface area contributed by atoms with E-state index in [1.54, 1.807) is 12.2 Å². The summed E-state index contributed by atoms with van der Waals surface area (Å²) >= 11 is 5.92. The van der Waals surface area contributed by atoms with E-state index in [1.807, 2.05) is 0 Å². The third-order valence-corrected chi connectivity index (χ3v) is 8.05. The van der Waals surface area contributed by atoms with Crippen LogP contribution in [0.2, 0.25) is 5.02 Å². The summed E-state index contributed by atoms with van der Waals surface area (Å²) in [6.45, 7) is 2.36. The van der Waals surface area contributed by atoms with E-state index in [4.69, 9.17) is 16.3 Å². The fourth-order valence-corrected chi connectivity index (χ4v) is 5.01. The second kappa shape index (κ2) is 10.7. The molecule has 2 aromatic carbocycles. The van der Waals surface area contributed by atoms with Crippen molar-refractivity contribution in [3.05, 3.63) is 47.5 Å². The number of sulfonamides is 1. The minimum atomic E-state index is -5.26. The highest BCUT2D eigenvalue weighted by atomic mass is 35.5. The second-order valence-electron chi connectivity index (χ2n) is 7.31. The third kappa shape index (κ3) is 7.07. The quantitative estimate of drug-likeness (QED) is 0.381. The van der Waals surface area contributed by atoms with Crippen LogP contribution in [-0.2, 0) is 29.4 Å². The summed E-state index contributed by atoms with van der Waals surface area (Å²) in [7, 11) is -7.87. The number of amides is 1. The van der Waals surface area contributed by atoms with Crippen molar-refractivity contribution in [1.82, 2.24) is 0 Å². The highest BCUT2D eigenvalue weighted by molar-refractivity contribution is 7.92. The Hall–Kier alpha value is -2.39. The number of ether oxygens (including phenoxy) is 1. The molecule has 15 heteroatoms. The fourth-order valence-electron chi connectivity index (χ4n) is 2.51. The zero-order valence-electron chi connectivity index (χ0n) is 18.4. The number of hydrogen-bond donors (Lipinski definition) is 3. The van der Waals surface area contributed by atoms with E-state index in [2.05, 4.69) is 4.72 Å². The van der Waals surface area contributed by atoms with Gasteiger partial charge in [0, 0.05) is 12.3 Å². The van der Waals surface area contributed by atoms with Gasteiger partial charge in [-0.05, 0) is 56.3 Å². The lowest BCUT2D eigenvalue weighted by Gasteiger charge is -2.25. The zero-order chi connectivity index (χ0) is 26.7. The van der Waals surface area contributed by atoms with E-state index < -0.39 is 47.5 Å². The molecule has 0 aliphatic heterocycles. The topological polar surface area (TPSA) is 139 Å². The van der Waals surface area contributed by atoms with E-state index >= 15 is 0 Å². The maximum atomic E-state index is 12.8. The maximum Gasteiger partial charge on any atom is 0.426 e. The van der Waals surface area contributed by atoms with Gasteiger partial charge in [0.1, 0.15) is 0 Å². The molecule has 0 saturated carbocycles. The predicted octanol–water partition coefficient (Wildman–Crippen LogP) is 3.20. The van der Waals surface area contributed by atoms with Gasteiger partial charge in [0.05, 0.1) is 32.9 Å². The number of alkyl halides is 3. The standard InChI is InChI=1S/C20H22ClF3N2O7S2/c1-3-33-10-11-34(29,30)14-6-4-13(5-7-14)26-35(31,32)15-8-9-17(16(21)12-15)25-18(27)19(2,28)20(22,23)24/h4-9,12,26,28H,3,10-11H2,1-2H3,(H,25,27). The molecule has 1 unspecified atom stereocenters. The molecule has 0 aliphatic rings. The van der Waals surface area contributed by atoms with E-state index in [0.29, 0.717) is 6.61 Å². The number of hydrogen-bond acceptors (Lipinski definition) is 7. The molecule has 0 aromatic heterocycles. The van der Waals surface area contributed by atoms with Gasteiger partial charge in [-0.25, -0.2) is 16.8 Å². The Morgan fingerprint density at radius 2 is 1.63 bits per heavy atom. The lowest BCUT2D eigenvalue weighted by Crippen LogP contribution is -2.52. The molecule has 0 radical (unpaired) electrons. The first-order valence-electron chi connectivity index (χ1n) is 9.85. The zero-order valence-corrected chi connectivity index (χ0v) is 20.8. The number of benzene rings is 2. The number of anilines is 2. The van der Waals surface area contributed by atoms with Crippen LogP contribution in [0.25, 0.3) is 0 Å². The monoisotopic (exact) mass is 558 g/mol. The van der Waals surface area contributed by atoms with Crippen LogP contribution in [0.3, 0.4) is 0 Å². The largest absolute Gasteiger partial charge is 0.426 e. The minimum absolute atomic E-state index is 0.0121. The molecule has 0 aliphatic carbocycles. The molecule has 0 spiro atoms. The van der Waals surface area contributed by atoms with E-state index in [9.17, 15) is 39.9 Å². The van der Waals surface area contributed by atoms with E-state index in [-0.39, 0.29) is 35.6 Å². The van der Waals surface area contributed by atoms with E-state index in [0.717, 1.165) is 18.2 Å². The van der Waals surface area contributed by atoms with Crippen molar-refractivity contribution < 1.29 is 44.6 Å². The van der Waals surface area contributed by atoms with Crippen molar-refractivity contribution in [2.75, 3.05) is 29.0 Å².